The molecule has 20 heavy (non-hydrogen) atoms. The van der Waals surface area contributed by atoms with Crippen LogP contribution in [0.5, 0.6) is 0 Å². The van der Waals surface area contributed by atoms with Gasteiger partial charge in [0, 0.05) is 19.0 Å². The Bertz CT molecular complexity index is 570. The van der Waals surface area contributed by atoms with E-state index in [1.54, 1.807) is 23.1 Å². The number of thioether (sulfide) groups is 1. The highest BCUT2D eigenvalue weighted by Gasteiger charge is 2.25. The molecular formula is C15H18N2OS2. The van der Waals surface area contributed by atoms with Gasteiger partial charge in [0.2, 0.25) is 5.91 Å². The van der Waals surface area contributed by atoms with Gasteiger partial charge in [-0.15, -0.1) is 11.3 Å². The smallest absolute Gasteiger partial charge is 0.232 e. The number of carbonyl (C=O) groups is 1. The Morgan fingerprint density at radius 2 is 2.15 bits per heavy atom. The first kappa shape index (κ1) is 13.9. The highest BCUT2D eigenvalue weighted by Crippen LogP contribution is 2.33. The van der Waals surface area contributed by atoms with Crippen molar-refractivity contribution in [1.29, 1.82) is 0 Å². The minimum atomic E-state index is 0.278. The van der Waals surface area contributed by atoms with Gasteiger partial charge >= 0.3 is 0 Å². The number of piperidine rings is 1. The Morgan fingerprint density at radius 1 is 1.40 bits per heavy atom. The molecule has 2 aromatic rings. The maximum Gasteiger partial charge on any atom is 0.232 e. The zero-order chi connectivity index (χ0) is 13.9. The first-order valence-corrected chi connectivity index (χ1v) is 9.11. The second-order valence-electron chi connectivity index (χ2n) is 5.11. The van der Waals surface area contributed by atoms with Gasteiger partial charge in [-0.05, 0) is 31.2 Å². The van der Waals surface area contributed by atoms with Crippen LogP contribution in [0, 0.1) is 0 Å². The van der Waals surface area contributed by atoms with Gasteiger partial charge in [-0.25, -0.2) is 4.98 Å². The van der Waals surface area contributed by atoms with Crippen LogP contribution >= 0.6 is 23.1 Å². The molecule has 0 atom stereocenters. The van der Waals surface area contributed by atoms with Crippen molar-refractivity contribution in [2.45, 2.75) is 18.8 Å². The summed E-state index contributed by atoms with van der Waals surface area (Å²) < 4.78 is 1.27. The van der Waals surface area contributed by atoms with E-state index < -0.39 is 0 Å². The molecule has 1 aliphatic rings. The maximum atomic E-state index is 11.9. The van der Waals surface area contributed by atoms with E-state index in [0.29, 0.717) is 11.7 Å². The molecule has 0 spiro atoms. The molecule has 1 amide bonds. The second-order valence-corrected chi connectivity index (χ2v) is 7.04. The van der Waals surface area contributed by atoms with Gasteiger partial charge in [0.05, 0.1) is 21.0 Å². The van der Waals surface area contributed by atoms with Crippen molar-refractivity contribution >= 4 is 39.2 Å². The van der Waals surface area contributed by atoms with Gasteiger partial charge in [0.15, 0.2) is 0 Å². The molecule has 0 unspecified atom stereocenters. The van der Waals surface area contributed by atoms with Crippen LogP contribution in [-0.2, 0) is 4.79 Å². The molecule has 0 bridgehead atoms. The Kier molecular flexibility index (Phi) is 4.27. The van der Waals surface area contributed by atoms with E-state index in [0.717, 1.165) is 31.4 Å². The van der Waals surface area contributed by atoms with Crippen molar-refractivity contribution in [2.75, 3.05) is 25.1 Å². The lowest BCUT2D eigenvalue weighted by molar-refractivity contribution is -0.129. The molecule has 1 aliphatic heterocycles. The van der Waals surface area contributed by atoms with Crippen LogP contribution in [0.25, 0.3) is 10.2 Å². The third kappa shape index (κ3) is 2.83. The second kappa shape index (κ2) is 6.14. The summed E-state index contributed by atoms with van der Waals surface area (Å²) in [7, 11) is 0. The fraction of sp³-hybridized carbons (Fsp3) is 0.467. The third-order valence-electron chi connectivity index (χ3n) is 3.78. The summed E-state index contributed by atoms with van der Waals surface area (Å²) in [5.74, 6) is 1.40. The van der Waals surface area contributed by atoms with E-state index in [2.05, 4.69) is 18.2 Å². The van der Waals surface area contributed by atoms with Crippen LogP contribution in [0.3, 0.4) is 0 Å². The van der Waals surface area contributed by atoms with Gasteiger partial charge in [0.25, 0.3) is 0 Å². The molecule has 2 heterocycles. The Hall–Kier alpha value is -1.07. The first-order chi connectivity index (χ1) is 9.78. The maximum absolute atomic E-state index is 11.9. The van der Waals surface area contributed by atoms with Gasteiger partial charge in [-0.2, -0.15) is 11.8 Å². The molecule has 0 radical (unpaired) electrons. The lowest BCUT2D eigenvalue weighted by Gasteiger charge is -2.31. The molecule has 1 saturated heterocycles. The number of amides is 1. The number of nitrogens with zero attached hydrogens (tertiary/aromatic N) is 2. The van der Waals surface area contributed by atoms with E-state index in [1.807, 2.05) is 17.2 Å². The molecule has 1 fully saturated rings. The number of likely N-dealkylation sites (tertiary alicyclic amines) is 1. The molecule has 5 heteroatoms. The molecule has 106 valence electrons. The lowest BCUT2D eigenvalue weighted by Crippen LogP contribution is -2.38. The zero-order valence-electron chi connectivity index (χ0n) is 11.5. The molecule has 1 aromatic carbocycles. The summed E-state index contributed by atoms with van der Waals surface area (Å²) in [6.45, 7) is 1.75. The molecule has 0 N–H and O–H groups in total. The minimum absolute atomic E-state index is 0.278. The molecule has 0 aliphatic carbocycles. The van der Waals surface area contributed by atoms with Crippen molar-refractivity contribution < 1.29 is 4.79 Å². The summed E-state index contributed by atoms with van der Waals surface area (Å²) in [4.78, 5) is 18.6. The number of hydrogen-bond acceptors (Lipinski definition) is 4. The topological polar surface area (TPSA) is 33.2 Å². The van der Waals surface area contributed by atoms with E-state index in [-0.39, 0.29) is 5.91 Å². The first-order valence-electron chi connectivity index (χ1n) is 6.90. The number of carbonyl (C=O) groups excluding carboxylic acids is 1. The van der Waals surface area contributed by atoms with E-state index >= 15 is 0 Å². The number of hydrogen-bond donors (Lipinski definition) is 0. The van der Waals surface area contributed by atoms with Gasteiger partial charge in [-0.1, -0.05) is 12.1 Å². The van der Waals surface area contributed by atoms with Gasteiger partial charge in [-0.3, -0.25) is 4.79 Å². The summed E-state index contributed by atoms with van der Waals surface area (Å²) in [5.41, 5.74) is 1.10. The van der Waals surface area contributed by atoms with Crippen molar-refractivity contribution in [1.82, 2.24) is 9.88 Å². The van der Waals surface area contributed by atoms with Gasteiger partial charge in [0.1, 0.15) is 0 Å². The SMILES string of the molecule is CSCC(=O)N1CCC(c2nc3ccccc3s2)CC1. The van der Waals surface area contributed by atoms with Crippen LogP contribution in [-0.4, -0.2) is 40.9 Å². The van der Waals surface area contributed by atoms with Gasteiger partial charge < -0.3 is 4.90 Å². The van der Waals surface area contributed by atoms with Crippen LogP contribution in [0.4, 0.5) is 0 Å². The highest BCUT2D eigenvalue weighted by molar-refractivity contribution is 7.99. The quantitative estimate of drug-likeness (QED) is 0.872. The highest BCUT2D eigenvalue weighted by atomic mass is 32.2. The lowest BCUT2D eigenvalue weighted by atomic mass is 9.97. The fourth-order valence-electron chi connectivity index (χ4n) is 2.66. The zero-order valence-corrected chi connectivity index (χ0v) is 13.2. The van der Waals surface area contributed by atoms with Crippen LogP contribution in [0.15, 0.2) is 24.3 Å². The predicted molar refractivity (Wildman–Crippen MR) is 86.6 cm³/mol. The van der Waals surface area contributed by atoms with E-state index in [1.165, 1.54) is 9.71 Å². The van der Waals surface area contributed by atoms with Crippen molar-refractivity contribution in [3.8, 4) is 0 Å². The number of fused-ring (bicyclic) bond motifs is 1. The van der Waals surface area contributed by atoms with E-state index in [4.69, 9.17) is 4.98 Å². The largest absolute Gasteiger partial charge is 0.342 e. The average Bonchev–Trinajstić information content (AvgIpc) is 2.91. The van der Waals surface area contributed by atoms with Crippen LogP contribution < -0.4 is 0 Å². The Balaban J connectivity index is 1.67. The molecule has 1 aromatic heterocycles. The average molecular weight is 306 g/mol. The normalized spacial score (nSPS) is 16.8. The number of benzene rings is 1. The molecular weight excluding hydrogens is 288 g/mol. The summed E-state index contributed by atoms with van der Waals surface area (Å²) >= 11 is 3.41. The van der Waals surface area contributed by atoms with Crippen molar-refractivity contribution in [3.63, 3.8) is 0 Å². The van der Waals surface area contributed by atoms with Crippen LogP contribution in [0.1, 0.15) is 23.8 Å². The van der Waals surface area contributed by atoms with Crippen molar-refractivity contribution in [3.05, 3.63) is 29.3 Å². The summed E-state index contributed by atoms with van der Waals surface area (Å²) in [6.07, 6.45) is 4.06. The standard InChI is InChI=1S/C15H18N2OS2/c1-19-10-14(18)17-8-6-11(7-9-17)15-16-12-4-2-3-5-13(12)20-15/h2-5,11H,6-10H2,1H3. The minimum Gasteiger partial charge on any atom is -0.342 e. The Morgan fingerprint density at radius 3 is 2.85 bits per heavy atom. The van der Waals surface area contributed by atoms with Crippen LogP contribution in [0.2, 0.25) is 0 Å². The third-order valence-corrected chi connectivity index (χ3v) is 5.51. The Labute approximate surface area is 127 Å². The number of aromatic nitrogens is 1. The monoisotopic (exact) mass is 306 g/mol. The summed E-state index contributed by atoms with van der Waals surface area (Å²) in [5, 5.41) is 1.24. The predicted octanol–water partition coefficient (Wildman–Crippen LogP) is 3.37. The van der Waals surface area contributed by atoms with Crippen molar-refractivity contribution in [2.24, 2.45) is 0 Å². The summed E-state index contributed by atoms with van der Waals surface area (Å²) in [6, 6.07) is 8.31. The molecule has 0 saturated carbocycles. The number of thiazole rings is 1. The molecule has 3 rings (SSSR count). The van der Waals surface area contributed by atoms with E-state index in [9.17, 15) is 4.79 Å². The number of rotatable bonds is 3. The number of para-hydroxylation sites is 1. The molecule has 3 nitrogen and oxygen atoms in total. The fourth-order valence-corrected chi connectivity index (χ4v) is 4.22.